The number of likely N-dealkylation sites (N-methyl/N-ethyl adjacent to an activating group) is 1. The average molecular weight is 272 g/mol. The normalized spacial score (nSPS) is 11.2. The highest BCUT2D eigenvalue weighted by molar-refractivity contribution is 5.92. The molecule has 0 saturated heterocycles. The van der Waals surface area contributed by atoms with Gasteiger partial charge in [-0.2, -0.15) is 0 Å². The van der Waals surface area contributed by atoms with Crippen molar-refractivity contribution in [2.24, 2.45) is 0 Å². The van der Waals surface area contributed by atoms with Gasteiger partial charge < -0.3 is 4.90 Å². The maximum Gasteiger partial charge on any atom is 0.246 e. The Morgan fingerprint density at radius 2 is 2.00 bits per heavy atom. The van der Waals surface area contributed by atoms with Crippen molar-refractivity contribution in [2.45, 2.75) is 13.8 Å². The Labute approximate surface area is 117 Å². The second kappa shape index (κ2) is 6.28. The minimum atomic E-state index is -0.278. The van der Waals surface area contributed by atoms with E-state index in [0.29, 0.717) is 24.3 Å². The number of hydrogen-bond acceptors (Lipinski definition) is 2. The molecule has 0 spiro atoms. The zero-order chi connectivity index (χ0) is 14.5. The van der Waals surface area contributed by atoms with E-state index >= 15 is 0 Å². The standard InChI is InChI=1S/C16H17FN2O/c1-3-19(4-2)16(20)10-8-14-7-5-12-11-13(17)6-9-15(12)18-14/h5-11H,3-4H2,1-2H3/b10-8+. The molecule has 0 radical (unpaired) electrons. The first-order valence-electron chi connectivity index (χ1n) is 6.67. The molecule has 0 atom stereocenters. The number of pyridine rings is 1. The zero-order valence-corrected chi connectivity index (χ0v) is 11.6. The first kappa shape index (κ1) is 14.2. The van der Waals surface area contributed by atoms with Crippen molar-refractivity contribution in [1.82, 2.24) is 9.88 Å². The first-order valence-corrected chi connectivity index (χ1v) is 6.67. The molecule has 0 bridgehead atoms. The van der Waals surface area contributed by atoms with Gasteiger partial charge in [-0.3, -0.25) is 4.79 Å². The summed E-state index contributed by atoms with van der Waals surface area (Å²) in [5, 5.41) is 0.747. The van der Waals surface area contributed by atoms with Crippen LogP contribution in [0.3, 0.4) is 0 Å². The Balaban J connectivity index is 2.21. The number of nitrogens with zero attached hydrogens (tertiary/aromatic N) is 2. The summed E-state index contributed by atoms with van der Waals surface area (Å²) in [6.07, 6.45) is 3.20. The van der Waals surface area contributed by atoms with Gasteiger partial charge in [0, 0.05) is 24.6 Å². The summed E-state index contributed by atoms with van der Waals surface area (Å²) in [5.74, 6) is -0.310. The Hall–Kier alpha value is -2.23. The van der Waals surface area contributed by atoms with Gasteiger partial charge in [0.05, 0.1) is 11.2 Å². The Morgan fingerprint density at radius 1 is 1.25 bits per heavy atom. The van der Waals surface area contributed by atoms with Crippen LogP contribution in [0.15, 0.2) is 36.4 Å². The third kappa shape index (κ3) is 3.20. The molecule has 1 aromatic heterocycles. The number of amides is 1. The molecule has 0 aliphatic carbocycles. The largest absolute Gasteiger partial charge is 0.340 e. The van der Waals surface area contributed by atoms with E-state index in [1.807, 2.05) is 13.8 Å². The fourth-order valence-electron chi connectivity index (χ4n) is 2.00. The highest BCUT2D eigenvalue weighted by Crippen LogP contribution is 2.14. The molecule has 20 heavy (non-hydrogen) atoms. The summed E-state index contributed by atoms with van der Waals surface area (Å²) in [6.45, 7) is 5.25. The summed E-state index contributed by atoms with van der Waals surface area (Å²) in [6, 6.07) is 8.02. The first-order chi connectivity index (χ1) is 9.63. The number of carbonyl (C=O) groups excluding carboxylic acids is 1. The topological polar surface area (TPSA) is 33.2 Å². The smallest absolute Gasteiger partial charge is 0.246 e. The lowest BCUT2D eigenvalue weighted by Gasteiger charge is -2.15. The van der Waals surface area contributed by atoms with Gasteiger partial charge in [-0.05, 0) is 44.2 Å². The molecule has 0 saturated carbocycles. The van der Waals surface area contributed by atoms with Crippen molar-refractivity contribution in [3.05, 3.63) is 47.9 Å². The minimum absolute atomic E-state index is 0.0315. The van der Waals surface area contributed by atoms with Crippen LogP contribution >= 0.6 is 0 Å². The van der Waals surface area contributed by atoms with Gasteiger partial charge in [0.2, 0.25) is 5.91 Å². The highest BCUT2D eigenvalue weighted by atomic mass is 19.1. The van der Waals surface area contributed by atoms with Crippen molar-refractivity contribution in [3.63, 3.8) is 0 Å². The third-order valence-electron chi connectivity index (χ3n) is 3.14. The zero-order valence-electron chi connectivity index (χ0n) is 11.6. The van der Waals surface area contributed by atoms with E-state index in [9.17, 15) is 9.18 Å². The van der Waals surface area contributed by atoms with E-state index in [-0.39, 0.29) is 11.7 Å². The van der Waals surface area contributed by atoms with Gasteiger partial charge in [0.25, 0.3) is 0 Å². The van der Waals surface area contributed by atoms with Crippen molar-refractivity contribution in [1.29, 1.82) is 0 Å². The molecule has 0 aliphatic rings. The summed E-state index contributed by atoms with van der Waals surface area (Å²) in [5.41, 5.74) is 1.40. The number of rotatable bonds is 4. The van der Waals surface area contributed by atoms with Crippen LogP contribution in [-0.4, -0.2) is 28.9 Å². The van der Waals surface area contributed by atoms with E-state index in [4.69, 9.17) is 0 Å². The number of halogens is 1. The van der Waals surface area contributed by atoms with E-state index < -0.39 is 0 Å². The second-order valence-corrected chi connectivity index (χ2v) is 4.42. The predicted molar refractivity (Wildman–Crippen MR) is 78.7 cm³/mol. The molecule has 1 heterocycles. The van der Waals surface area contributed by atoms with Crippen LogP contribution in [-0.2, 0) is 4.79 Å². The molecular weight excluding hydrogens is 255 g/mol. The van der Waals surface area contributed by atoms with E-state index in [1.165, 1.54) is 18.2 Å². The number of benzene rings is 1. The van der Waals surface area contributed by atoms with Crippen molar-refractivity contribution >= 4 is 22.9 Å². The van der Waals surface area contributed by atoms with Crippen LogP contribution in [0.2, 0.25) is 0 Å². The molecular formula is C16H17FN2O. The molecule has 0 unspecified atom stereocenters. The summed E-state index contributed by atoms with van der Waals surface area (Å²) < 4.78 is 13.1. The number of fused-ring (bicyclic) bond motifs is 1. The molecule has 0 N–H and O–H groups in total. The monoisotopic (exact) mass is 272 g/mol. The quantitative estimate of drug-likeness (QED) is 0.800. The van der Waals surface area contributed by atoms with E-state index in [2.05, 4.69) is 4.98 Å². The second-order valence-electron chi connectivity index (χ2n) is 4.42. The Bertz CT molecular complexity index is 648. The van der Waals surface area contributed by atoms with E-state index in [1.54, 1.807) is 29.2 Å². The summed E-state index contributed by atoms with van der Waals surface area (Å²) in [4.78, 5) is 18.0. The fraction of sp³-hybridized carbons (Fsp3) is 0.250. The number of hydrogen-bond donors (Lipinski definition) is 0. The van der Waals surface area contributed by atoms with Crippen molar-refractivity contribution in [3.8, 4) is 0 Å². The Kier molecular flexibility index (Phi) is 4.45. The summed E-state index contributed by atoms with van der Waals surface area (Å²) in [7, 11) is 0. The maximum absolute atomic E-state index is 13.1. The van der Waals surface area contributed by atoms with Gasteiger partial charge in [0.1, 0.15) is 5.82 Å². The minimum Gasteiger partial charge on any atom is -0.340 e. The third-order valence-corrected chi connectivity index (χ3v) is 3.14. The number of carbonyl (C=O) groups is 1. The SMILES string of the molecule is CCN(CC)C(=O)/C=C/c1ccc2cc(F)ccc2n1. The molecule has 0 fully saturated rings. The highest BCUT2D eigenvalue weighted by Gasteiger charge is 2.05. The maximum atomic E-state index is 13.1. The average Bonchev–Trinajstić information content (AvgIpc) is 2.46. The van der Waals surface area contributed by atoms with Crippen LogP contribution in [0.5, 0.6) is 0 Å². The van der Waals surface area contributed by atoms with Gasteiger partial charge >= 0.3 is 0 Å². The van der Waals surface area contributed by atoms with Gasteiger partial charge in [0.15, 0.2) is 0 Å². The molecule has 104 valence electrons. The number of aromatic nitrogens is 1. The van der Waals surface area contributed by atoms with Gasteiger partial charge in [-0.25, -0.2) is 9.37 Å². The molecule has 0 aliphatic heterocycles. The molecule has 1 amide bonds. The van der Waals surface area contributed by atoms with E-state index in [0.717, 1.165) is 5.39 Å². The Morgan fingerprint density at radius 3 is 2.70 bits per heavy atom. The van der Waals surface area contributed by atoms with Crippen LogP contribution in [0.25, 0.3) is 17.0 Å². The summed E-state index contributed by atoms with van der Waals surface area (Å²) >= 11 is 0. The van der Waals surface area contributed by atoms with Crippen molar-refractivity contribution in [2.75, 3.05) is 13.1 Å². The fourth-order valence-corrected chi connectivity index (χ4v) is 2.00. The molecule has 2 aromatic rings. The van der Waals surface area contributed by atoms with Crippen molar-refractivity contribution < 1.29 is 9.18 Å². The van der Waals surface area contributed by atoms with Gasteiger partial charge in [-0.15, -0.1) is 0 Å². The predicted octanol–water partition coefficient (Wildman–Crippen LogP) is 3.26. The van der Waals surface area contributed by atoms with Gasteiger partial charge in [-0.1, -0.05) is 6.07 Å². The molecule has 4 heteroatoms. The molecule has 2 rings (SSSR count). The van der Waals surface area contributed by atoms with Crippen LogP contribution < -0.4 is 0 Å². The lowest BCUT2D eigenvalue weighted by molar-refractivity contribution is -0.125. The lowest BCUT2D eigenvalue weighted by atomic mass is 10.2. The lowest BCUT2D eigenvalue weighted by Crippen LogP contribution is -2.28. The van der Waals surface area contributed by atoms with Crippen LogP contribution in [0, 0.1) is 5.82 Å². The molecule has 3 nitrogen and oxygen atoms in total. The molecule has 1 aromatic carbocycles. The van der Waals surface area contributed by atoms with Crippen LogP contribution in [0.4, 0.5) is 4.39 Å². The van der Waals surface area contributed by atoms with Crippen LogP contribution in [0.1, 0.15) is 19.5 Å².